The van der Waals surface area contributed by atoms with Crippen LogP contribution in [0.15, 0.2) is 42.6 Å². The van der Waals surface area contributed by atoms with Crippen molar-refractivity contribution in [2.75, 3.05) is 6.61 Å². The number of amides is 1. The van der Waals surface area contributed by atoms with Crippen molar-refractivity contribution in [3.05, 3.63) is 59.4 Å². The summed E-state index contributed by atoms with van der Waals surface area (Å²) >= 11 is 0. The molecule has 6 heteroatoms. The molecule has 1 aromatic heterocycles. The number of hydrogen-bond acceptors (Lipinski definition) is 4. The second-order valence-electron chi connectivity index (χ2n) is 8.14. The number of aromatic amines is 1. The van der Waals surface area contributed by atoms with E-state index in [1.165, 1.54) is 0 Å². The van der Waals surface area contributed by atoms with Crippen LogP contribution in [0, 0.1) is 5.92 Å². The molecule has 2 N–H and O–H groups in total. The number of nitrogens with one attached hydrogen (secondary N) is 2. The Balaban J connectivity index is 2.00. The number of esters is 1. The van der Waals surface area contributed by atoms with Crippen LogP contribution >= 0.6 is 0 Å². The Morgan fingerprint density at radius 2 is 1.71 bits per heavy atom. The molecule has 2 rings (SSSR count). The van der Waals surface area contributed by atoms with Gasteiger partial charge in [0, 0.05) is 11.8 Å². The Bertz CT molecular complexity index is 815. The van der Waals surface area contributed by atoms with Crippen LogP contribution in [0.25, 0.3) is 0 Å². The van der Waals surface area contributed by atoms with E-state index in [9.17, 15) is 14.4 Å². The largest absolute Gasteiger partial charge is 0.456 e. The zero-order valence-corrected chi connectivity index (χ0v) is 17.0. The molecule has 6 nitrogen and oxygen atoms in total. The van der Waals surface area contributed by atoms with E-state index in [2.05, 4.69) is 31.1 Å². The topological polar surface area (TPSA) is 88.3 Å². The van der Waals surface area contributed by atoms with Crippen LogP contribution in [0.5, 0.6) is 0 Å². The van der Waals surface area contributed by atoms with Crippen LogP contribution in [-0.4, -0.2) is 35.3 Å². The van der Waals surface area contributed by atoms with Crippen LogP contribution in [0.2, 0.25) is 0 Å². The molecule has 0 aliphatic heterocycles. The van der Waals surface area contributed by atoms with Crippen molar-refractivity contribution in [2.45, 2.75) is 46.1 Å². The van der Waals surface area contributed by atoms with E-state index in [0.717, 1.165) is 5.56 Å². The second kappa shape index (κ2) is 8.87. The molecule has 1 amide bonds. The molecule has 0 spiro atoms. The molecule has 0 saturated heterocycles. The maximum atomic E-state index is 12.6. The lowest BCUT2D eigenvalue weighted by Gasteiger charge is -2.21. The summed E-state index contributed by atoms with van der Waals surface area (Å²) in [4.78, 5) is 39.7. The monoisotopic (exact) mass is 384 g/mol. The number of ether oxygens (including phenoxy) is 1. The lowest BCUT2D eigenvalue weighted by molar-refractivity contribution is -0.145. The zero-order valence-electron chi connectivity index (χ0n) is 17.0. The first kappa shape index (κ1) is 21.4. The molecule has 150 valence electrons. The molecule has 0 bridgehead atoms. The van der Waals surface area contributed by atoms with Gasteiger partial charge in [-0.15, -0.1) is 0 Å². The number of aromatic nitrogens is 1. The standard InChI is InChI=1S/C22H28N2O4/c1-14(2)19(21(27)28-13-18(25)17-7-6-12-23-17)24-20(26)15-8-10-16(11-9-15)22(3,4)5/h6-12,14,19,23H,13H2,1-5H3,(H,24,26). The third-order valence-electron chi connectivity index (χ3n) is 4.46. The van der Waals surface area contributed by atoms with Gasteiger partial charge in [-0.05, 0) is 41.2 Å². The minimum atomic E-state index is -0.841. The Labute approximate surface area is 165 Å². The highest BCUT2D eigenvalue weighted by Gasteiger charge is 2.27. The molecule has 2 aromatic rings. The highest BCUT2D eigenvalue weighted by Crippen LogP contribution is 2.22. The highest BCUT2D eigenvalue weighted by molar-refractivity contribution is 5.98. The first-order valence-electron chi connectivity index (χ1n) is 9.34. The molecule has 1 heterocycles. The summed E-state index contributed by atoms with van der Waals surface area (Å²) in [5, 5.41) is 2.72. The molecule has 0 aliphatic carbocycles. The van der Waals surface area contributed by atoms with Gasteiger partial charge in [-0.1, -0.05) is 46.8 Å². The van der Waals surface area contributed by atoms with Crippen LogP contribution in [0.1, 0.15) is 61.0 Å². The van der Waals surface area contributed by atoms with Crippen molar-refractivity contribution >= 4 is 17.7 Å². The van der Waals surface area contributed by atoms with Crippen molar-refractivity contribution in [1.82, 2.24) is 10.3 Å². The fourth-order valence-electron chi connectivity index (χ4n) is 2.65. The van der Waals surface area contributed by atoms with Crippen molar-refractivity contribution < 1.29 is 19.1 Å². The molecule has 0 aliphatic rings. The summed E-state index contributed by atoms with van der Waals surface area (Å²) in [7, 11) is 0. The summed E-state index contributed by atoms with van der Waals surface area (Å²) < 4.78 is 5.13. The minimum absolute atomic E-state index is 0.00898. The maximum absolute atomic E-state index is 12.6. The number of Topliss-reactive ketones (excluding diaryl/α,β-unsaturated/α-hetero) is 1. The van der Waals surface area contributed by atoms with E-state index in [4.69, 9.17) is 4.74 Å². The molecule has 1 aromatic carbocycles. The summed E-state index contributed by atoms with van der Waals surface area (Å²) in [5.74, 6) is -1.50. The summed E-state index contributed by atoms with van der Waals surface area (Å²) in [6.07, 6.45) is 1.62. The lowest BCUT2D eigenvalue weighted by Crippen LogP contribution is -2.45. The molecular weight excluding hydrogens is 356 g/mol. The van der Waals surface area contributed by atoms with Gasteiger partial charge in [0.05, 0.1) is 5.69 Å². The minimum Gasteiger partial charge on any atom is -0.456 e. The van der Waals surface area contributed by atoms with Gasteiger partial charge in [0.2, 0.25) is 5.78 Å². The van der Waals surface area contributed by atoms with Crippen molar-refractivity contribution in [3.63, 3.8) is 0 Å². The van der Waals surface area contributed by atoms with Gasteiger partial charge in [-0.3, -0.25) is 9.59 Å². The molecule has 0 radical (unpaired) electrons. The van der Waals surface area contributed by atoms with Gasteiger partial charge in [0.25, 0.3) is 5.91 Å². The van der Waals surface area contributed by atoms with Crippen molar-refractivity contribution in [3.8, 4) is 0 Å². The van der Waals surface area contributed by atoms with E-state index in [-0.39, 0.29) is 29.6 Å². The van der Waals surface area contributed by atoms with E-state index in [1.54, 1.807) is 30.5 Å². The quantitative estimate of drug-likeness (QED) is 0.565. The highest BCUT2D eigenvalue weighted by atomic mass is 16.5. The number of benzene rings is 1. The van der Waals surface area contributed by atoms with Gasteiger partial charge in [0.15, 0.2) is 6.61 Å². The van der Waals surface area contributed by atoms with Gasteiger partial charge < -0.3 is 15.0 Å². The van der Waals surface area contributed by atoms with Crippen molar-refractivity contribution in [2.24, 2.45) is 5.92 Å². The van der Waals surface area contributed by atoms with Gasteiger partial charge in [0.1, 0.15) is 6.04 Å². The van der Waals surface area contributed by atoms with Crippen LogP contribution in [0.3, 0.4) is 0 Å². The van der Waals surface area contributed by atoms with Gasteiger partial charge in [-0.25, -0.2) is 4.79 Å². The summed E-state index contributed by atoms with van der Waals surface area (Å²) in [6, 6.07) is 9.77. The Kier molecular flexibility index (Phi) is 6.78. The Morgan fingerprint density at radius 1 is 1.07 bits per heavy atom. The summed E-state index contributed by atoms with van der Waals surface area (Å²) in [5.41, 5.74) is 1.95. The maximum Gasteiger partial charge on any atom is 0.329 e. The molecule has 0 saturated carbocycles. The average molecular weight is 384 g/mol. The fraction of sp³-hybridized carbons (Fsp3) is 0.409. The first-order chi connectivity index (χ1) is 13.1. The van der Waals surface area contributed by atoms with Gasteiger partial charge in [-0.2, -0.15) is 0 Å². The second-order valence-corrected chi connectivity index (χ2v) is 8.14. The van der Waals surface area contributed by atoms with E-state index in [1.807, 2.05) is 26.0 Å². The third kappa shape index (κ3) is 5.55. The Morgan fingerprint density at radius 3 is 2.21 bits per heavy atom. The predicted molar refractivity (Wildman–Crippen MR) is 107 cm³/mol. The molecular formula is C22H28N2O4. The smallest absolute Gasteiger partial charge is 0.329 e. The SMILES string of the molecule is CC(C)C(NC(=O)c1ccc(C(C)(C)C)cc1)C(=O)OCC(=O)c1ccc[nH]1. The predicted octanol–water partition coefficient (Wildman–Crippen LogP) is 3.49. The Hall–Kier alpha value is -2.89. The number of rotatable bonds is 7. The normalized spacial score (nSPS) is 12.5. The van der Waals surface area contributed by atoms with E-state index in [0.29, 0.717) is 11.3 Å². The third-order valence-corrected chi connectivity index (χ3v) is 4.46. The number of ketones is 1. The molecule has 0 fully saturated rings. The van der Waals surface area contributed by atoms with Crippen molar-refractivity contribution in [1.29, 1.82) is 0 Å². The fourth-order valence-corrected chi connectivity index (χ4v) is 2.65. The molecule has 1 atom stereocenters. The number of H-pyrrole nitrogens is 1. The van der Waals surface area contributed by atoms with Gasteiger partial charge >= 0.3 is 5.97 Å². The summed E-state index contributed by atoms with van der Waals surface area (Å²) in [6.45, 7) is 9.53. The average Bonchev–Trinajstić information content (AvgIpc) is 3.17. The molecule has 1 unspecified atom stereocenters. The van der Waals surface area contributed by atoms with E-state index >= 15 is 0 Å². The first-order valence-corrected chi connectivity index (χ1v) is 9.34. The lowest BCUT2D eigenvalue weighted by atomic mass is 9.86. The van der Waals surface area contributed by atoms with Crippen LogP contribution < -0.4 is 5.32 Å². The number of hydrogen-bond donors (Lipinski definition) is 2. The van der Waals surface area contributed by atoms with E-state index < -0.39 is 12.0 Å². The number of carbonyl (C=O) groups excluding carboxylic acids is 3. The van der Waals surface area contributed by atoms with Crippen LogP contribution in [0.4, 0.5) is 0 Å². The number of carbonyl (C=O) groups is 3. The molecule has 28 heavy (non-hydrogen) atoms. The zero-order chi connectivity index (χ0) is 20.9. The van der Waals surface area contributed by atoms with Crippen LogP contribution in [-0.2, 0) is 14.9 Å².